The fourth-order valence-electron chi connectivity index (χ4n) is 1.89. The molecule has 1 fully saturated rings. The van der Waals surface area contributed by atoms with Crippen LogP contribution < -0.4 is 0 Å². The van der Waals surface area contributed by atoms with E-state index >= 15 is 0 Å². The zero-order chi connectivity index (χ0) is 14.7. The van der Waals surface area contributed by atoms with Crippen molar-refractivity contribution in [2.75, 3.05) is 33.3 Å². The van der Waals surface area contributed by atoms with Crippen LogP contribution in [0.5, 0.6) is 0 Å². The Bertz CT molecular complexity index is 532. The van der Waals surface area contributed by atoms with Crippen molar-refractivity contribution in [2.45, 2.75) is 0 Å². The Kier molecular flexibility index (Phi) is 4.61. The molecule has 1 saturated heterocycles. The Morgan fingerprint density at radius 3 is 2.35 bits per heavy atom. The van der Waals surface area contributed by atoms with Gasteiger partial charge in [-0.15, -0.1) is 10.2 Å². The van der Waals surface area contributed by atoms with Crippen molar-refractivity contribution < 1.29 is 14.3 Å². The maximum atomic E-state index is 12.3. The van der Waals surface area contributed by atoms with Gasteiger partial charge in [-0.3, -0.25) is 4.79 Å². The van der Waals surface area contributed by atoms with Crippen LogP contribution in [0.4, 0.5) is 4.79 Å². The highest BCUT2D eigenvalue weighted by Gasteiger charge is 2.26. The van der Waals surface area contributed by atoms with Gasteiger partial charge in [-0.2, -0.15) is 0 Å². The highest BCUT2D eigenvalue weighted by atomic mass is 35.5. The third-order valence-corrected chi connectivity index (χ3v) is 3.41. The number of hydrogen-bond donors (Lipinski definition) is 0. The van der Waals surface area contributed by atoms with E-state index in [1.165, 1.54) is 18.1 Å². The van der Waals surface area contributed by atoms with Crippen molar-refractivity contribution in [3.05, 3.63) is 21.9 Å². The molecular weight excluding hydrogens is 307 g/mol. The Hall–Kier alpha value is -1.60. The van der Waals surface area contributed by atoms with E-state index in [0.29, 0.717) is 26.2 Å². The second-order valence-electron chi connectivity index (χ2n) is 4.12. The molecule has 9 heteroatoms. The minimum Gasteiger partial charge on any atom is -0.453 e. The van der Waals surface area contributed by atoms with Gasteiger partial charge in [0.05, 0.1) is 12.7 Å². The summed E-state index contributed by atoms with van der Waals surface area (Å²) < 4.78 is 4.63. The van der Waals surface area contributed by atoms with E-state index in [1.54, 1.807) is 4.90 Å². The molecule has 0 N–H and O–H groups in total. The van der Waals surface area contributed by atoms with Gasteiger partial charge in [-0.25, -0.2) is 4.79 Å². The second-order valence-corrected chi connectivity index (χ2v) is 4.87. The number of hydrogen-bond acceptors (Lipinski definition) is 5. The maximum Gasteiger partial charge on any atom is 0.409 e. The Labute approximate surface area is 125 Å². The van der Waals surface area contributed by atoms with E-state index in [-0.39, 0.29) is 21.8 Å². The number of rotatable bonds is 1. The van der Waals surface area contributed by atoms with Gasteiger partial charge in [0.25, 0.3) is 5.91 Å². The van der Waals surface area contributed by atoms with Crippen LogP contribution in [0.3, 0.4) is 0 Å². The highest BCUT2D eigenvalue weighted by molar-refractivity contribution is 6.34. The normalized spacial score (nSPS) is 15.2. The van der Waals surface area contributed by atoms with Crippen molar-refractivity contribution in [3.8, 4) is 0 Å². The average molecular weight is 319 g/mol. The number of piperazine rings is 1. The second kappa shape index (κ2) is 6.23. The van der Waals surface area contributed by atoms with Crippen LogP contribution in [-0.2, 0) is 4.74 Å². The SMILES string of the molecule is COC(=O)N1CCN(C(=O)c2cc(Cl)nnc2Cl)CC1. The highest BCUT2D eigenvalue weighted by Crippen LogP contribution is 2.18. The molecule has 0 aliphatic carbocycles. The number of nitrogens with zero attached hydrogens (tertiary/aromatic N) is 4. The molecule has 1 aliphatic rings. The molecule has 20 heavy (non-hydrogen) atoms. The molecule has 1 aromatic rings. The zero-order valence-electron chi connectivity index (χ0n) is 10.7. The number of amides is 2. The number of ether oxygens (including phenoxy) is 1. The number of carbonyl (C=O) groups is 2. The predicted octanol–water partition coefficient (Wildman–Crippen LogP) is 1.31. The van der Waals surface area contributed by atoms with Crippen LogP contribution in [0.1, 0.15) is 10.4 Å². The molecule has 0 bridgehead atoms. The first-order valence-electron chi connectivity index (χ1n) is 5.84. The fourth-order valence-corrected chi connectivity index (χ4v) is 2.21. The van der Waals surface area contributed by atoms with Crippen LogP contribution in [0, 0.1) is 0 Å². The molecule has 0 spiro atoms. The first kappa shape index (κ1) is 14.8. The molecule has 0 radical (unpaired) electrons. The molecule has 0 unspecified atom stereocenters. The van der Waals surface area contributed by atoms with E-state index < -0.39 is 6.09 Å². The first-order chi connectivity index (χ1) is 9.52. The summed E-state index contributed by atoms with van der Waals surface area (Å²) in [6.07, 6.45) is -0.399. The number of halogens is 2. The molecule has 1 aromatic heterocycles. The molecule has 7 nitrogen and oxygen atoms in total. The van der Waals surface area contributed by atoms with E-state index in [0.717, 1.165) is 0 Å². The Morgan fingerprint density at radius 1 is 1.15 bits per heavy atom. The molecule has 0 aromatic carbocycles. The summed E-state index contributed by atoms with van der Waals surface area (Å²) in [6, 6.07) is 1.38. The van der Waals surface area contributed by atoms with Crippen molar-refractivity contribution in [2.24, 2.45) is 0 Å². The Morgan fingerprint density at radius 2 is 1.75 bits per heavy atom. The molecule has 108 valence electrons. The third-order valence-electron chi connectivity index (χ3n) is 2.95. The van der Waals surface area contributed by atoms with Gasteiger partial charge in [0.1, 0.15) is 0 Å². The lowest BCUT2D eigenvalue weighted by atomic mass is 10.2. The van der Waals surface area contributed by atoms with E-state index in [2.05, 4.69) is 14.9 Å². The minimum absolute atomic E-state index is 0.00907. The fraction of sp³-hybridized carbons (Fsp3) is 0.455. The summed E-state index contributed by atoms with van der Waals surface area (Å²) in [5, 5.41) is 7.27. The van der Waals surface area contributed by atoms with Crippen LogP contribution in [-0.4, -0.2) is 65.3 Å². The van der Waals surface area contributed by atoms with Gasteiger partial charge in [-0.05, 0) is 6.07 Å². The summed E-state index contributed by atoms with van der Waals surface area (Å²) in [5.74, 6) is -0.281. The van der Waals surface area contributed by atoms with E-state index in [1.807, 2.05) is 0 Å². The third kappa shape index (κ3) is 3.10. The van der Waals surface area contributed by atoms with Crippen LogP contribution in [0.25, 0.3) is 0 Å². The van der Waals surface area contributed by atoms with E-state index in [9.17, 15) is 9.59 Å². The maximum absolute atomic E-state index is 12.3. The molecule has 0 atom stereocenters. The first-order valence-corrected chi connectivity index (χ1v) is 6.59. The molecular formula is C11H12Cl2N4O3. The van der Waals surface area contributed by atoms with Crippen molar-refractivity contribution >= 4 is 35.2 Å². The quantitative estimate of drug-likeness (QED) is 0.780. The zero-order valence-corrected chi connectivity index (χ0v) is 12.2. The van der Waals surface area contributed by atoms with Gasteiger partial charge in [-0.1, -0.05) is 23.2 Å². The minimum atomic E-state index is -0.399. The van der Waals surface area contributed by atoms with Crippen molar-refractivity contribution in [3.63, 3.8) is 0 Å². The topological polar surface area (TPSA) is 75.6 Å². The number of methoxy groups -OCH3 is 1. The summed E-state index contributed by atoms with van der Waals surface area (Å²) in [6.45, 7) is 1.60. The lowest BCUT2D eigenvalue weighted by molar-refractivity contribution is 0.0599. The summed E-state index contributed by atoms with van der Waals surface area (Å²) in [7, 11) is 1.32. The summed E-state index contributed by atoms with van der Waals surface area (Å²) >= 11 is 11.6. The monoisotopic (exact) mass is 318 g/mol. The van der Waals surface area contributed by atoms with Gasteiger partial charge >= 0.3 is 6.09 Å². The predicted molar refractivity (Wildman–Crippen MR) is 71.9 cm³/mol. The number of aromatic nitrogens is 2. The molecule has 0 saturated carbocycles. The van der Waals surface area contributed by atoms with Gasteiger partial charge in [0.15, 0.2) is 10.3 Å². The van der Waals surface area contributed by atoms with Crippen LogP contribution >= 0.6 is 23.2 Å². The van der Waals surface area contributed by atoms with Crippen molar-refractivity contribution in [1.82, 2.24) is 20.0 Å². The smallest absolute Gasteiger partial charge is 0.409 e. The molecule has 2 heterocycles. The molecule has 1 aliphatic heterocycles. The lowest BCUT2D eigenvalue weighted by Crippen LogP contribution is -2.50. The van der Waals surface area contributed by atoms with Gasteiger partial charge in [0, 0.05) is 26.2 Å². The van der Waals surface area contributed by atoms with E-state index in [4.69, 9.17) is 23.2 Å². The molecule has 2 rings (SSSR count). The summed E-state index contributed by atoms with van der Waals surface area (Å²) in [5.41, 5.74) is 0.207. The summed E-state index contributed by atoms with van der Waals surface area (Å²) in [4.78, 5) is 26.8. The standard InChI is InChI=1S/C11H12Cl2N4O3/c1-20-11(19)17-4-2-16(3-5-17)10(18)7-6-8(12)14-15-9(7)13/h6H,2-5H2,1H3. The van der Waals surface area contributed by atoms with Gasteiger partial charge in [0.2, 0.25) is 0 Å². The van der Waals surface area contributed by atoms with Crippen LogP contribution in [0.2, 0.25) is 10.3 Å². The number of carbonyl (C=O) groups excluding carboxylic acids is 2. The van der Waals surface area contributed by atoms with Gasteiger partial charge < -0.3 is 14.5 Å². The Balaban J connectivity index is 2.05. The van der Waals surface area contributed by atoms with Crippen LogP contribution in [0.15, 0.2) is 6.07 Å². The largest absolute Gasteiger partial charge is 0.453 e. The average Bonchev–Trinajstić information content (AvgIpc) is 2.48. The lowest BCUT2D eigenvalue weighted by Gasteiger charge is -2.33. The van der Waals surface area contributed by atoms with Crippen molar-refractivity contribution in [1.29, 1.82) is 0 Å². The molecule has 2 amide bonds.